The van der Waals surface area contributed by atoms with Crippen molar-refractivity contribution < 1.29 is 23.8 Å². The van der Waals surface area contributed by atoms with Gasteiger partial charge in [-0.25, -0.2) is 0 Å². The van der Waals surface area contributed by atoms with Crippen LogP contribution >= 0.6 is 0 Å². The summed E-state index contributed by atoms with van der Waals surface area (Å²) < 4.78 is 16.9. The van der Waals surface area contributed by atoms with Crippen LogP contribution in [-0.2, 0) is 9.59 Å². The van der Waals surface area contributed by atoms with Gasteiger partial charge in [0, 0.05) is 31.8 Å². The zero-order valence-electron chi connectivity index (χ0n) is 17.3. The third kappa shape index (κ3) is 4.20. The largest absolute Gasteiger partial charge is 0.491 e. The summed E-state index contributed by atoms with van der Waals surface area (Å²) in [5.41, 5.74) is 1.79. The fourth-order valence-corrected chi connectivity index (χ4v) is 3.76. The summed E-state index contributed by atoms with van der Waals surface area (Å²) in [7, 11) is 1.75. The molecule has 0 unspecified atom stereocenters. The molecule has 1 atom stereocenters. The van der Waals surface area contributed by atoms with Gasteiger partial charge in [-0.2, -0.15) is 0 Å². The van der Waals surface area contributed by atoms with E-state index in [0.29, 0.717) is 44.4 Å². The molecule has 2 aliphatic rings. The molecule has 7 nitrogen and oxygen atoms in total. The number of carbonyl (C=O) groups excluding carboxylic acids is 2. The van der Waals surface area contributed by atoms with Gasteiger partial charge in [-0.3, -0.25) is 9.59 Å². The second kappa shape index (κ2) is 8.65. The van der Waals surface area contributed by atoms with Gasteiger partial charge in [0.15, 0.2) is 11.5 Å². The SMILES string of the molecule is Cc1ccccc1OCCN(C)C(=O)[C@@H]1CC(=O)N(c2ccc3c(c2)OCCO3)C1. The number of carbonyl (C=O) groups is 2. The lowest BCUT2D eigenvalue weighted by molar-refractivity contribution is -0.134. The quantitative estimate of drug-likeness (QED) is 0.732. The molecule has 4 rings (SSSR count). The molecule has 7 heteroatoms. The first-order chi connectivity index (χ1) is 14.5. The number of hydrogen-bond acceptors (Lipinski definition) is 5. The van der Waals surface area contributed by atoms with Gasteiger partial charge in [0.25, 0.3) is 0 Å². The van der Waals surface area contributed by atoms with E-state index in [1.54, 1.807) is 29.0 Å². The molecule has 30 heavy (non-hydrogen) atoms. The van der Waals surface area contributed by atoms with Crippen LogP contribution in [0.25, 0.3) is 0 Å². The molecular formula is C23H26N2O5. The molecule has 1 saturated heterocycles. The lowest BCUT2D eigenvalue weighted by atomic mass is 10.1. The molecule has 0 aromatic heterocycles. The van der Waals surface area contributed by atoms with Crippen LogP contribution in [0.1, 0.15) is 12.0 Å². The fraction of sp³-hybridized carbons (Fsp3) is 0.391. The molecule has 2 aromatic carbocycles. The summed E-state index contributed by atoms with van der Waals surface area (Å²) in [4.78, 5) is 28.7. The van der Waals surface area contributed by atoms with Gasteiger partial charge in [0.2, 0.25) is 11.8 Å². The third-order valence-electron chi connectivity index (χ3n) is 5.47. The maximum Gasteiger partial charge on any atom is 0.227 e. The Morgan fingerprint density at radius 1 is 1.17 bits per heavy atom. The van der Waals surface area contributed by atoms with Crippen molar-refractivity contribution in [2.75, 3.05) is 44.9 Å². The number of likely N-dealkylation sites (N-methyl/N-ethyl adjacent to an activating group) is 1. The molecule has 158 valence electrons. The summed E-state index contributed by atoms with van der Waals surface area (Å²) in [6, 6.07) is 13.2. The normalized spacial score (nSPS) is 17.7. The van der Waals surface area contributed by atoms with Gasteiger partial charge >= 0.3 is 0 Å². The monoisotopic (exact) mass is 410 g/mol. The predicted octanol–water partition coefficient (Wildman–Crippen LogP) is 2.66. The smallest absolute Gasteiger partial charge is 0.227 e. The number of aryl methyl sites for hydroxylation is 1. The van der Waals surface area contributed by atoms with Crippen LogP contribution in [0.3, 0.4) is 0 Å². The van der Waals surface area contributed by atoms with Crippen molar-refractivity contribution >= 4 is 17.5 Å². The van der Waals surface area contributed by atoms with Crippen LogP contribution in [0.4, 0.5) is 5.69 Å². The fourth-order valence-electron chi connectivity index (χ4n) is 3.76. The molecule has 0 saturated carbocycles. The van der Waals surface area contributed by atoms with Crippen molar-refractivity contribution in [3.63, 3.8) is 0 Å². The summed E-state index contributed by atoms with van der Waals surface area (Å²) in [5, 5.41) is 0. The van der Waals surface area contributed by atoms with Crippen LogP contribution in [0, 0.1) is 12.8 Å². The summed E-state index contributed by atoms with van der Waals surface area (Å²) in [5.74, 6) is 1.66. The molecule has 0 N–H and O–H groups in total. The van der Waals surface area contributed by atoms with E-state index in [9.17, 15) is 9.59 Å². The highest BCUT2D eigenvalue weighted by molar-refractivity contribution is 6.00. The Morgan fingerprint density at radius 3 is 2.73 bits per heavy atom. The lowest BCUT2D eigenvalue weighted by Gasteiger charge is -2.23. The standard InChI is InChI=1S/C23H26N2O5/c1-16-5-3-4-6-19(16)28-10-9-24(2)23(27)17-13-22(26)25(15-17)18-7-8-20-21(14-18)30-12-11-29-20/h3-8,14,17H,9-13,15H2,1-2H3/t17-/m1/s1. The van der Waals surface area contributed by atoms with Crippen molar-refractivity contribution in [2.24, 2.45) is 5.92 Å². The molecule has 0 spiro atoms. The molecule has 2 heterocycles. The number of amides is 2. The molecule has 2 aliphatic heterocycles. The number of hydrogen-bond donors (Lipinski definition) is 0. The van der Waals surface area contributed by atoms with E-state index in [1.807, 2.05) is 37.3 Å². The Labute approximate surface area is 176 Å². The zero-order chi connectivity index (χ0) is 21.1. The Morgan fingerprint density at radius 2 is 1.93 bits per heavy atom. The number of anilines is 1. The Kier molecular flexibility index (Phi) is 5.79. The van der Waals surface area contributed by atoms with E-state index in [-0.39, 0.29) is 24.2 Å². The number of para-hydroxylation sites is 1. The molecule has 0 aliphatic carbocycles. The van der Waals surface area contributed by atoms with Crippen LogP contribution in [-0.4, -0.2) is 56.7 Å². The first-order valence-electron chi connectivity index (χ1n) is 10.2. The number of benzene rings is 2. The Bertz CT molecular complexity index is 945. The lowest BCUT2D eigenvalue weighted by Crippen LogP contribution is -2.37. The van der Waals surface area contributed by atoms with E-state index >= 15 is 0 Å². The maximum atomic E-state index is 12.9. The van der Waals surface area contributed by atoms with Gasteiger partial charge in [-0.1, -0.05) is 18.2 Å². The van der Waals surface area contributed by atoms with E-state index in [4.69, 9.17) is 14.2 Å². The van der Waals surface area contributed by atoms with Crippen molar-refractivity contribution in [3.8, 4) is 17.2 Å². The number of fused-ring (bicyclic) bond motifs is 1. The molecular weight excluding hydrogens is 384 g/mol. The van der Waals surface area contributed by atoms with E-state index < -0.39 is 0 Å². The summed E-state index contributed by atoms with van der Waals surface area (Å²) in [6.07, 6.45) is 0.205. The molecule has 2 aromatic rings. The second-order valence-electron chi connectivity index (χ2n) is 7.61. The van der Waals surface area contributed by atoms with Crippen molar-refractivity contribution in [2.45, 2.75) is 13.3 Å². The molecule has 0 bridgehead atoms. The Balaban J connectivity index is 1.34. The van der Waals surface area contributed by atoms with Crippen LogP contribution < -0.4 is 19.1 Å². The van der Waals surface area contributed by atoms with Gasteiger partial charge in [-0.05, 0) is 30.7 Å². The van der Waals surface area contributed by atoms with Crippen molar-refractivity contribution in [1.82, 2.24) is 4.90 Å². The first-order valence-corrected chi connectivity index (χ1v) is 10.2. The predicted molar refractivity (Wildman–Crippen MR) is 112 cm³/mol. The van der Waals surface area contributed by atoms with Crippen molar-refractivity contribution in [3.05, 3.63) is 48.0 Å². The minimum absolute atomic E-state index is 0.0447. The molecule has 0 radical (unpaired) electrons. The first kappa shape index (κ1) is 20.1. The highest BCUT2D eigenvalue weighted by Crippen LogP contribution is 2.36. The van der Waals surface area contributed by atoms with Crippen LogP contribution in [0.2, 0.25) is 0 Å². The highest BCUT2D eigenvalue weighted by Gasteiger charge is 2.36. The van der Waals surface area contributed by atoms with Crippen LogP contribution in [0.15, 0.2) is 42.5 Å². The number of ether oxygens (including phenoxy) is 3. The van der Waals surface area contributed by atoms with Crippen molar-refractivity contribution in [1.29, 1.82) is 0 Å². The van der Waals surface area contributed by atoms with Gasteiger partial charge in [0.05, 0.1) is 12.5 Å². The molecule has 1 fully saturated rings. The zero-order valence-corrected chi connectivity index (χ0v) is 17.3. The Hall–Kier alpha value is -3.22. The molecule has 2 amide bonds. The number of rotatable bonds is 6. The average molecular weight is 410 g/mol. The summed E-state index contributed by atoms with van der Waals surface area (Å²) in [6.45, 7) is 4.22. The van der Waals surface area contributed by atoms with Gasteiger partial charge in [-0.15, -0.1) is 0 Å². The van der Waals surface area contributed by atoms with Crippen LogP contribution in [0.5, 0.6) is 17.2 Å². The highest BCUT2D eigenvalue weighted by atomic mass is 16.6. The van der Waals surface area contributed by atoms with E-state index in [1.165, 1.54) is 0 Å². The van der Waals surface area contributed by atoms with Gasteiger partial charge in [0.1, 0.15) is 25.6 Å². The minimum atomic E-state index is -0.367. The third-order valence-corrected chi connectivity index (χ3v) is 5.47. The minimum Gasteiger partial charge on any atom is -0.491 e. The summed E-state index contributed by atoms with van der Waals surface area (Å²) >= 11 is 0. The maximum absolute atomic E-state index is 12.9. The van der Waals surface area contributed by atoms with E-state index in [2.05, 4.69) is 0 Å². The number of nitrogens with zero attached hydrogens (tertiary/aromatic N) is 2. The topological polar surface area (TPSA) is 68.3 Å². The van der Waals surface area contributed by atoms with Gasteiger partial charge < -0.3 is 24.0 Å². The second-order valence-corrected chi connectivity index (χ2v) is 7.61. The average Bonchev–Trinajstić information content (AvgIpc) is 3.15. The van der Waals surface area contributed by atoms with E-state index in [0.717, 1.165) is 17.0 Å².